The first kappa shape index (κ1) is 27.3. The summed E-state index contributed by atoms with van der Waals surface area (Å²) in [6, 6.07) is 5.85. The lowest BCUT2D eigenvalue weighted by Crippen LogP contribution is -2.34. The monoisotopic (exact) mass is 556 g/mol. The molecule has 2 aromatic carbocycles. The van der Waals surface area contributed by atoms with Gasteiger partial charge in [-0.3, -0.25) is 19.1 Å². The third kappa shape index (κ3) is 6.05. The van der Waals surface area contributed by atoms with E-state index in [0.717, 1.165) is 12.8 Å². The van der Waals surface area contributed by atoms with Gasteiger partial charge in [0.2, 0.25) is 0 Å². The molecule has 11 heteroatoms. The highest BCUT2D eigenvalue weighted by Crippen LogP contribution is 2.35. The van der Waals surface area contributed by atoms with Gasteiger partial charge in [-0.2, -0.15) is 0 Å². The Morgan fingerprint density at radius 2 is 1.78 bits per heavy atom. The van der Waals surface area contributed by atoms with E-state index in [-0.39, 0.29) is 33.7 Å². The van der Waals surface area contributed by atoms with Gasteiger partial charge in [-0.25, -0.2) is 0 Å². The van der Waals surface area contributed by atoms with Crippen LogP contribution in [0.3, 0.4) is 0 Å². The van der Waals surface area contributed by atoms with Crippen LogP contribution in [0.2, 0.25) is 10.0 Å². The smallest absolute Gasteiger partial charge is 0.481 e. The molecular formula is C26H25Cl2F3N2O4. The van der Waals surface area contributed by atoms with Crippen molar-refractivity contribution in [3.8, 4) is 5.75 Å². The molecule has 3 aromatic rings. The van der Waals surface area contributed by atoms with E-state index in [1.165, 1.54) is 16.7 Å². The highest BCUT2D eigenvalue weighted by Gasteiger charge is 2.32. The number of halogens is 5. The second-order valence-electron chi connectivity index (χ2n) is 9.38. The quantitative estimate of drug-likeness (QED) is 0.360. The van der Waals surface area contributed by atoms with Gasteiger partial charge in [-0.15, -0.1) is 13.2 Å². The Balaban J connectivity index is 1.63. The Labute approximate surface area is 221 Å². The molecule has 0 bridgehead atoms. The second-order valence-corrected chi connectivity index (χ2v) is 10.2. The van der Waals surface area contributed by atoms with Gasteiger partial charge in [0.15, 0.2) is 0 Å². The number of rotatable bonds is 6. The Bertz CT molecular complexity index is 1360. The van der Waals surface area contributed by atoms with E-state index in [4.69, 9.17) is 28.3 Å². The van der Waals surface area contributed by atoms with Crippen LogP contribution in [0.5, 0.6) is 5.75 Å². The average molecular weight is 557 g/mol. The summed E-state index contributed by atoms with van der Waals surface area (Å²) in [7, 11) is 0. The first-order valence-electron chi connectivity index (χ1n) is 11.7. The third-order valence-electron chi connectivity index (χ3n) is 6.66. The van der Waals surface area contributed by atoms with Crippen LogP contribution in [0.1, 0.15) is 46.3 Å². The number of hydrogen-bond acceptors (Lipinski definition) is 4. The number of alkyl halides is 3. The average Bonchev–Trinajstić information content (AvgIpc) is 3.12. The van der Waals surface area contributed by atoms with Crippen molar-refractivity contribution >= 4 is 46.0 Å². The first-order valence-corrected chi connectivity index (χ1v) is 12.4. The fourth-order valence-electron chi connectivity index (χ4n) is 4.92. The van der Waals surface area contributed by atoms with Gasteiger partial charge < -0.3 is 9.84 Å². The van der Waals surface area contributed by atoms with Gasteiger partial charge in [0.05, 0.1) is 21.1 Å². The number of carboxylic acids is 1. The van der Waals surface area contributed by atoms with E-state index < -0.39 is 18.2 Å². The molecule has 2 heterocycles. The lowest BCUT2D eigenvalue weighted by atomic mass is 9.93. The molecule has 1 aliphatic rings. The molecule has 6 nitrogen and oxygen atoms in total. The van der Waals surface area contributed by atoms with Crippen molar-refractivity contribution in [1.29, 1.82) is 0 Å². The molecule has 1 fully saturated rings. The number of piperidine rings is 1. The number of benzene rings is 2. The zero-order valence-electron chi connectivity index (χ0n) is 20.2. The number of carbonyl (C=O) groups excluding carboxylic acids is 1. The predicted octanol–water partition coefficient (Wildman–Crippen LogP) is 6.84. The molecule has 0 radical (unpaired) electrons. The maximum absolute atomic E-state index is 13.7. The van der Waals surface area contributed by atoms with E-state index >= 15 is 0 Å². The van der Waals surface area contributed by atoms with E-state index in [1.807, 2.05) is 0 Å². The molecular weight excluding hydrogens is 532 g/mol. The van der Waals surface area contributed by atoms with E-state index in [0.29, 0.717) is 47.2 Å². The van der Waals surface area contributed by atoms with Crippen LogP contribution in [0, 0.1) is 19.8 Å². The molecule has 0 amide bonds. The largest absolute Gasteiger partial charge is 0.573 e. The SMILES string of the molecule is Cc1cn(C(=O)c2c(Cl)ccc(CN3CCC(CC(=O)O)CC3)c2Cl)c2c(C)cc(OC(F)(F)F)cc12. The van der Waals surface area contributed by atoms with Crippen LogP contribution < -0.4 is 4.74 Å². The van der Waals surface area contributed by atoms with Gasteiger partial charge in [-0.05, 0) is 80.6 Å². The lowest BCUT2D eigenvalue weighted by Gasteiger charge is -2.31. The van der Waals surface area contributed by atoms with Crippen molar-refractivity contribution in [3.63, 3.8) is 0 Å². The van der Waals surface area contributed by atoms with Crippen LogP contribution in [0.25, 0.3) is 10.9 Å². The highest BCUT2D eigenvalue weighted by atomic mass is 35.5. The number of carboxylic acid groups (broad SMARTS) is 1. The van der Waals surface area contributed by atoms with Gasteiger partial charge in [0, 0.05) is 24.5 Å². The lowest BCUT2D eigenvalue weighted by molar-refractivity contribution is -0.274. The van der Waals surface area contributed by atoms with Crippen LogP contribution in [-0.4, -0.2) is 45.9 Å². The van der Waals surface area contributed by atoms with Crippen LogP contribution in [0.15, 0.2) is 30.5 Å². The summed E-state index contributed by atoms with van der Waals surface area (Å²) in [6.45, 7) is 5.18. The molecule has 198 valence electrons. The van der Waals surface area contributed by atoms with Crippen LogP contribution >= 0.6 is 23.2 Å². The number of likely N-dealkylation sites (tertiary alicyclic amines) is 1. The maximum Gasteiger partial charge on any atom is 0.573 e. The van der Waals surface area contributed by atoms with E-state index in [1.54, 1.807) is 32.2 Å². The van der Waals surface area contributed by atoms with Crippen molar-refractivity contribution in [1.82, 2.24) is 9.47 Å². The number of hydrogen-bond donors (Lipinski definition) is 1. The van der Waals surface area contributed by atoms with Gasteiger partial charge >= 0.3 is 12.3 Å². The zero-order chi connectivity index (χ0) is 27.1. The Hall–Kier alpha value is -2.75. The minimum atomic E-state index is -4.83. The topological polar surface area (TPSA) is 71.8 Å². The fourth-order valence-corrected chi connectivity index (χ4v) is 5.51. The van der Waals surface area contributed by atoms with Gasteiger partial charge in [-0.1, -0.05) is 29.3 Å². The van der Waals surface area contributed by atoms with Crippen molar-refractivity contribution in [2.75, 3.05) is 13.1 Å². The zero-order valence-corrected chi connectivity index (χ0v) is 21.7. The molecule has 4 rings (SSSR count). The first-order chi connectivity index (χ1) is 17.3. The van der Waals surface area contributed by atoms with E-state index in [2.05, 4.69) is 9.64 Å². The molecule has 0 unspecified atom stereocenters. The van der Waals surface area contributed by atoms with Crippen LogP contribution in [0.4, 0.5) is 13.2 Å². The minimum Gasteiger partial charge on any atom is -0.481 e. The summed E-state index contributed by atoms with van der Waals surface area (Å²) in [5.41, 5.74) is 2.26. The molecule has 0 saturated carbocycles. The molecule has 0 aliphatic carbocycles. The number of aromatic nitrogens is 1. The number of aryl methyl sites for hydroxylation is 2. The molecule has 1 saturated heterocycles. The van der Waals surface area contributed by atoms with Crippen molar-refractivity contribution in [2.24, 2.45) is 5.92 Å². The van der Waals surface area contributed by atoms with Crippen LogP contribution in [-0.2, 0) is 11.3 Å². The van der Waals surface area contributed by atoms with Crippen molar-refractivity contribution in [2.45, 2.75) is 46.0 Å². The molecule has 0 atom stereocenters. The standard InChI is InChI=1S/C26H25Cl2F3N2O4/c1-14-9-18(37-26(29,30)31)11-19-15(2)12-33(24(14)19)25(36)22-20(27)4-3-17(23(22)28)13-32-7-5-16(6-8-32)10-21(34)35/h3-4,9,11-12,16H,5-8,10,13H2,1-2H3,(H,34,35). The summed E-state index contributed by atoms with van der Waals surface area (Å²) in [5.74, 6) is -1.52. The second kappa shape index (κ2) is 10.6. The predicted molar refractivity (Wildman–Crippen MR) is 135 cm³/mol. The molecule has 1 aromatic heterocycles. The summed E-state index contributed by atoms with van der Waals surface area (Å²) >= 11 is 13.1. The summed E-state index contributed by atoms with van der Waals surface area (Å²) < 4.78 is 43.7. The molecule has 0 spiro atoms. The minimum absolute atomic E-state index is 0.105. The van der Waals surface area contributed by atoms with E-state index in [9.17, 15) is 22.8 Å². The van der Waals surface area contributed by atoms with Crippen molar-refractivity contribution < 1.29 is 32.6 Å². The maximum atomic E-state index is 13.7. The normalized spacial score (nSPS) is 15.3. The van der Waals surface area contributed by atoms with Gasteiger partial charge in [0.25, 0.3) is 5.91 Å². The van der Waals surface area contributed by atoms with Gasteiger partial charge in [0.1, 0.15) is 5.75 Å². The Morgan fingerprint density at radius 3 is 2.41 bits per heavy atom. The molecule has 1 N–H and O–H groups in total. The number of carbonyl (C=O) groups is 2. The Kier molecular flexibility index (Phi) is 7.78. The summed E-state index contributed by atoms with van der Waals surface area (Å²) in [4.78, 5) is 26.8. The number of nitrogens with zero attached hydrogens (tertiary/aromatic N) is 2. The molecule has 37 heavy (non-hydrogen) atoms. The number of fused-ring (bicyclic) bond motifs is 1. The third-order valence-corrected chi connectivity index (χ3v) is 7.41. The summed E-state index contributed by atoms with van der Waals surface area (Å²) in [6.07, 6.45) is -1.61. The number of ether oxygens (including phenoxy) is 1. The Morgan fingerprint density at radius 1 is 1.11 bits per heavy atom. The fraction of sp³-hybridized carbons (Fsp3) is 0.385. The summed E-state index contributed by atoms with van der Waals surface area (Å²) in [5, 5.41) is 9.83. The number of aliphatic carboxylic acids is 1. The molecule has 1 aliphatic heterocycles. The van der Waals surface area contributed by atoms with Crippen molar-refractivity contribution in [3.05, 3.63) is 62.8 Å². The highest BCUT2D eigenvalue weighted by molar-refractivity contribution is 6.40.